The second-order valence-electron chi connectivity index (χ2n) is 4.40. The maximum atomic E-state index is 11.8. The number of aromatic hydroxyl groups is 1. The molecule has 0 radical (unpaired) electrons. The first kappa shape index (κ1) is 14.6. The third kappa shape index (κ3) is 3.82. The third-order valence-electron chi connectivity index (χ3n) is 2.93. The van der Waals surface area contributed by atoms with E-state index in [-0.39, 0.29) is 23.5 Å². The molecule has 0 aliphatic rings. The Labute approximate surface area is 121 Å². The Hall–Kier alpha value is -2.82. The van der Waals surface area contributed by atoms with E-state index in [1.165, 1.54) is 12.1 Å². The Kier molecular flexibility index (Phi) is 4.56. The van der Waals surface area contributed by atoms with Crippen molar-refractivity contribution >= 4 is 11.9 Å². The van der Waals surface area contributed by atoms with Crippen LogP contribution in [0.5, 0.6) is 11.5 Å². The van der Waals surface area contributed by atoms with Gasteiger partial charge in [0, 0.05) is 0 Å². The molecule has 0 amide bonds. The van der Waals surface area contributed by atoms with Gasteiger partial charge < -0.3 is 14.9 Å². The Morgan fingerprint density at radius 3 is 2.38 bits per heavy atom. The number of carboxylic acid groups (broad SMARTS) is 1. The Balaban J connectivity index is 2.00. The Bertz CT molecular complexity index is 663. The number of hydrogen-bond acceptors (Lipinski definition) is 4. The number of phenolic OH excluding ortho intramolecular Hbond substituents is 1. The average molecular weight is 286 g/mol. The lowest BCUT2D eigenvalue weighted by atomic mass is 10.1. The van der Waals surface area contributed by atoms with Crippen LogP contribution >= 0.6 is 0 Å². The minimum Gasteiger partial charge on any atom is -0.508 e. The number of rotatable bonds is 5. The quantitative estimate of drug-likeness (QED) is 0.652. The molecule has 0 unspecified atom stereocenters. The van der Waals surface area contributed by atoms with Crippen LogP contribution in [0.3, 0.4) is 0 Å². The zero-order valence-electron chi connectivity index (χ0n) is 11.2. The van der Waals surface area contributed by atoms with Gasteiger partial charge in [-0.15, -0.1) is 0 Å². The number of hydrogen-bond donors (Lipinski definition) is 2. The minimum absolute atomic E-state index is 0.0206. The zero-order valence-corrected chi connectivity index (χ0v) is 11.2. The molecule has 2 N–H and O–H groups in total. The van der Waals surface area contributed by atoms with Crippen molar-refractivity contribution in [1.29, 1.82) is 0 Å². The number of aromatic carboxylic acids is 1. The second-order valence-corrected chi connectivity index (χ2v) is 4.40. The molecule has 0 heterocycles. The highest BCUT2D eigenvalue weighted by Gasteiger charge is 2.14. The molecule has 5 nitrogen and oxygen atoms in total. The van der Waals surface area contributed by atoms with Crippen LogP contribution < -0.4 is 4.74 Å². The van der Waals surface area contributed by atoms with Gasteiger partial charge in [-0.05, 0) is 30.2 Å². The molecule has 2 aromatic carbocycles. The highest BCUT2D eigenvalue weighted by Crippen LogP contribution is 2.20. The van der Waals surface area contributed by atoms with Crippen molar-refractivity contribution in [1.82, 2.24) is 0 Å². The van der Waals surface area contributed by atoms with Crippen LogP contribution in [-0.4, -0.2) is 22.2 Å². The van der Waals surface area contributed by atoms with E-state index in [9.17, 15) is 14.7 Å². The molecule has 0 spiro atoms. The predicted molar refractivity (Wildman–Crippen MR) is 75.5 cm³/mol. The number of para-hydroxylation sites is 2. The number of carboxylic acids is 1. The fraction of sp³-hybridized carbons (Fsp3) is 0.125. The van der Waals surface area contributed by atoms with E-state index in [0.29, 0.717) is 12.0 Å². The molecule has 0 fully saturated rings. The van der Waals surface area contributed by atoms with E-state index in [0.717, 1.165) is 0 Å². The Morgan fingerprint density at radius 1 is 1.00 bits per heavy atom. The summed E-state index contributed by atoms with van der Waals surface area (Å²) in [5, 5.41) is 18.6. The first-order chi connectivity index (χ1) is 10.1. The van der Waals surface area contributed by atoms with E-state index in [2.05, 4.69) is 0 Å². The topological polar surface area (TPSA) is 83.8 Å². The van der Waals surface area contributed by atoms with Crippen molar-refractivity contribution in [3.05, 3.63) is 59.7 Å². The molecular weight excluding hydrogens is 272 g/mol. The van der Waals surface area contributed by atoms with Gasteiger partial charge in [0.05, 0.1) is 6.42 Å². The summed E-state index contributed by atoms with van der Waals surface area (Å²) in [6.07, 6.45) is 0.367. The molecule has 0 aliphatic heterocycles. The summed E-state index contributed by atoms with van der Waals surface area (Å²) >= 11 is 0. The van der Waals surface area contributed by atoms with Crippen molar-refractivity contribution in [2.24, 2.45) is 0 Å². The van der Waals surface area contributed by atoms with Gasteiger partial charge in [-0.25, -0.2) is 4.79 Å². The van der Waals surface area contributed by atoms with Gasteiger partial charge >= 0.3 is 11.9 Å². The smallest absolute Gasteiger partial charge is 0.339 e. The molecule has 0 saturated carbocycles. The van der Waals surface area contributed by atoms with Crippen LogP contribution in [0, 0.1) is 0 Å². The van der Waals surface area contributed by atoms with Gasteiger partial charge in [0.15, 0.2) is 0 Å². The number of carbonyl (C=O) groups is 2. The van der Waals surface area contributed by atoms with E-state index >= 15 is 0 Å². The monoisotopic (exact) mass is 286 g/mol. The van der Waals surface area contributed by atoms with Gasteiger partial charge in [-0.1, -0.05) is 30.3 Å². The summed E-state index contributed by atoms with van der Waals surface area (Å²) in [4.78, 5) is 22.8. The first-order valence-electron chi connectivity index (χ1n) is 6.38. The maximum absolute atomic E-state index is 11.8. The van der Waals surface area contributed by atoms with E-state index < -0.39 is 11.9 Å². The van der Waals surface area contributed by atoms with Crippen LogP contribution in [0.25, 0.3) is 0 Å². The van der Waals surface area contributed by atoms with Crippen LogP contribution in [0.1, 0.15) is 22.3 Å². The van der Waals surface area contributed by atoms with Gasteiger partial charge in [0.1, 0.15) is 17.1 Å². The minimum atomic E-state index is -1.15. The number of phenols is 1. The fourth-order valence-corrected chi connectivity index (χ4v) is 1.86. The number of ether oxygens (including phenoxy) is 1. The van der Waals surface area contributed by atoms with Crippen LogP contribution in [0.4, 0.5) is 0 Å². The number of carbonyl (C=O) groups excluding carboxylic acids is 1. The summed E-state index contributed by atoms with van der Waals surface area (Å²) in [6.45, 7) is 0. The van der Waals surface area contributed by atoms with Crippen molar-refractivity contribution in [2.75, 3.05) is 0 Å². The lowest BCUT2D eigenvalue weighted by molar-refractivity contribution is -0.134. The molecule has 0 aliphatic carbocycles. The zero-order chi connectivity index (χ0) is 15.2. The second kappa shape index (κ2) is 6.56. The number of esters is 1. The Morgan fingerprint density at radius 2 is 1.67 bits per heavy atom. The maximum Gasteiger partial charge on any atom is 0.339 e. The molecule has 2 aromatic rings. The van der Waals surface area contributed by atoms with Crippen molar-refractivity contribution < 1.29 is 24.5 Å². The first-order valence-corrected chi connectivity index (χ1v) is 6.38. The van der Waals surface area contributed by atoms with Crippen LogP contribution in [-0.2, 0) is 11.2 Å². The molecule has 0 bridgehead atoms. The molecule has 2 rings (SSSR count). The van der Waals surface area contributed by atoms with Crippen molar-refractivity contribution in [2.45, 2.75) is 12.8 Å². The van der Waals surface area contributed by atoms with Crippen molar-refractivity contribution in [3.8, 4) is 11.5 Å². The van der Waals surface area contributed by atoms with Gasteiger partial charge in [0.2, 0.25) is 0 Å². The van der Waals surface area contributed by atoms with E-state index in [1.54, 1.807) is 36.4 Å². The van der Waals surface area contributed by atoms with Crippen LogP contribution in [0.2, 0.25) is 0 Å². The number of aryl methyl sites for hydroxylation is 1. The summed E-state index contributed by atoms with van der Waals surface area (Å²) in [7, 11) is 0. The van der Waals surface area contributed by atoms with E-state index in [1.807, 2.05) is 0 Å². The highest BCUT2D eigenvalue weighted by molar-refractivity contribution is 5.91. The fourth-order valence-electron chi connectivity index (χ4n) is 1.86. The van der Waals surface area contributed by atoms with Gasteiger partial charge in [0.25, 0.3) is 0 Å². The van der Waals surface area contributed by atoms with Crippen molar-refractivity contribution in [3.63, 3.8) is 0 Å². The SMILES string of the molecule is O=C(CCc1ccccc1O)Oc1ccccc1C(=O)O. The molecule has 21 heavy (non-hydrogen) atoms. The molecule has 0 aromatic heterocycles. The lowest BCUT2D eigenvalue weighted by Gasteiger charge is -2.07. The normalized spacial score (nSPS) is 10.1. The third-order valence-corrected chi connectivity index (χ3v) is 2.93. The lowest BCUT2D eigenvalue weighted by Crippen LogP contribution is -2.11. The van der Waals surface area contributed by atoms with Gasteiger partial charge in [-0.3, -0.25) is 4.79 Å². The highest BCUT2D eigenvalue weighted by atomic mass is 16.5. The summed E-state index contributed by atoms with van der Waals surface area (Å²) in [6, 6.07) is 12.7. The molecule has 0 saturated heterocycles. The van der Waals surface area contributed by atoms with Crippen LogP contribution in [0.15, 0.2) is 48.5 Å². The molecule has 108 valence electrons. The molecule has 0 atom stereocenters. The summed E-state index contributed by atoms with van der Waals surface area (Å²) < 4.78 is 5.07. The summed E-state index contributed by atoms with van der Waals surface area (Å²) in [5.41, 5.74) is 0.578. The van der Waals surface area contributed by atoms with E-state index in [4.69, 9.17) is 9.84 Å². The molecule has 5 heteroatoms. The molecular formula is C16H14O5. The standard InChI is InChI=1S/C16H14O5/c17-13-7-3-1-5-11(13)9-10-15(18)21-14-8-4-2-6-12(14)16(19)20/h1-8,17H,9-10H2,(H,19,20). The van der Waals surface area contributed by atoms with Gasteiger partial charge in [-0.2, -0.15) is 0 Å². The number of benzene rings is 2. The largest absolute Gasteiger partial charge is 0.508 e. The summed E-state index contributed by atoms with van der Waals surface area (Å²) in [5.74, 6) is -1.56. The average Bonchev–Trinajstić information content (AvgIpc) is 2.47. The predicted octanol–water partition coefficient (Wildman–Crippen LogP) is 2.63.